The highest BCUT2D eigenvalue weighted by Crippen LogP contribution is 2.36. The van der Waals surface area contributed by atoms with Gasteiger partial charge in [-0.05, 0) is 24.6 Å². The molecule has 0 saturated carbocycles. The molecule has 1 aromatic carbocycles. The van der Waals surface area contributed by atoms with Crippen LogP contribution in [-0.2, 0) is 11.4 Å². The molecule has 1 rings (SSSR count). The Morgan fingerprint density at radius 2 is 2.21 bits per heavy atom. The highest BCUT2D eigenvalue weighted by molar-refractivity contribution is 6.32. The fourth-order valence-electron chi connectivity index (χ4n) is 1.54. The highest BCUT2D eigenvalue weighted by atomic mass is 35.5. The minimum atomic E-state index is -0.130. The molecular weight excluding hydrogens is 270 g/mol. The normalized spacial score (nSPS) is 10.1. The molecule has 0 saturated heterocycles. The van der Waals surface area contributed by atoms with E-state index in [1.165, 1.54) is 7.11 Å². The number of rotatable bonds is 7. The molecule has 1 amide bonds. The van der Waals surface area contributed by atoms with E-state index in [4.69, 9.17) is 26.2 Å². The largest absolute Gasteiger partial charge is 0.493 e. The van der Waals surface area contributed by atoms with Gasteiger partial charge in [0, 0.05) is 6.54 Å². The number of ether oxygens (including phenoxy) is 2. The van der Waals surface area contributed by atoms with Crippen molar-refractivity contribution in [1.29, 1.82) is 0 Å². The first kappa shape index (κ1) is 15.6. The van der Waals surface area contributed by atoms with Gasteiger partial charge < -0.3 is 19.9 Å². The Kier molecular flexibility index (Phi) is 6.45. The van der Waals surface area contributed by atoms with Crippen molar-refractivity contribution >= 4 is 17.5 Å². The Hall–Kier alpha value is -1.46. The van der Waals surface area contributed by atoms with Crippen LogP contribution in [-0.4, -0.2) is 31.3 Å². The quantitative estimate of drug-likeness (QED) is 0.802. The summed E-state index contributed by atoms with van der Waals surface area (Å²) in [5.41, 5.74) is 0.637. The lowest BCUT2D eigenvalue weighted by Gasteiger charge is -2.13. The summed E-state index contributed by atoms with van der Waals surface area (Å²) < 4.78 is 10.6. The van der Waals surface area contributed by atoms with Crippen LogP contribution in [0.2, 0.25) is 5.02 Å². The number of aliphatic hydroxyl groups is 1. The van der Waals surface area contributed by atoms with Crippen LogP contribution in [0.25, 0.3) is 0 Å². The maximum Gasteiger partial charge on any atom is 0.223 e. The third-order valence-electron chi connectivity index (χ3n) is 2.42. The van der Waals surface area contributed by atoms with Crippen LogP contribution in [0.3, 0.4) is 0 Å². The van der Waals surface area contributed by atoms with Gasteiger partial charge in [-0.2, -0.15) is 0 Å². The number of aliphatic hydroxyl groups excluding tert-OH is 1. The van der Waals surface area contributed by atoms with Gasteiger partial charge in [-0.1, -0.05) is 11.6 Å². The van der Waals surface area contributed by atoms with Gasteiger partial charge in [0.05, 0.1) is 31.8 Å². The molecule has 0 aliphatic heterocycles. The minimum absolute atomic E-state index is 0.0791. The standard InChI is InChI=1S/C13H18ClNO4/c1-3-15-12(17)4-5-19-13-10(14)6-9(8-16)7-11(13)18-2/h6-7,16H,3-5,8H2,1-2H3,(H,15,17). The first-order chi connectivity index (χ1) is 9.12. The summed E-state index contributed by atoms with van der Waals surface area (Å²) in [6.45, 7) is 2.52. The molecule has 0 bridgehead atoms. The summed E-state index contributed by atoms with van der Waals surface area (Å²) in [5.74, 6) is 0.739. The van der Waals surface area contributed by atoms with E-state index in [-0.39, 0.29) is 25.5 Å². The van der Waals surface area contributed by atoms with Crippen molar-refractivity contribution in [3.05, 3.63) is 22.7 Å². The molecule has 0 atom stereocenters. The second kappa shape index (κ2) is 7.86. The van der Waals surface area contributed by atoms with Gasteiger partial charge in [0.2, 0.25) is 5.91 Å². The van der Waals surface area contributed by atoms with Gasteiger partial charge in [-0.15, -0.1) is 0 Å². The zero-order chi connectivity index (χ0) is 14.3. The average molecular weight is 288 g/mol. The molecule has 0 spiro atoms. The fourth-order valence-corrected chi connectivity index (χ4v) is 1.82. The van der Waals surface area contributed by atoms with E-state index >= 15 is 0 Å². The summed E-state index contributed by atoms with van der Waals surface area (Å²) in [5, 5.41) is 12.1. The number of halogens is 1. The topological polar surface area (TPSA) is 67.8 Å². The molecule has 6 heteroatoms. The lowest BCUT2D eigenvalue weighted by atomic mass is 10.2. The highest BCUT2D eigenvalue weighted by Gasteiger charge is 2.12. The van der Waals surface area contributed by atoms with Crippen LogP contribution < -0.4 is 14.8 Å². The number of carbonyl (C=O) groups is 1. The monoisotopic (exact) mass is 287 g/mol. The second-order valence-electron chi connectivity index (χ2n) is 3.82. The van der Waals surface area contributed by atoms with Crippen LogP contribution in [0.5, 0.6) is 11.5 Å². The Morgan fingerprint density at radius 1 is 1.47 bits per heavy atom. The summed E-state index contributed by atoms with van der Waals surface area (Å²) in [6, 6.07) is 3.25. The van der Waals surface area contributed by atoms with Crippen molar-refractivity contribution in [3.8, 4) is 11.5 Å². The summed E-state index contributed by atoms with van der Waals surface area (Å²) in [7, 11) is 1.49. The minimum Gasteiger partial charge on any atom is -0.493 e. The van der Waals surface area contributed by atoms with E-state index in [1.54, 1.807) is 12.1 Å². The van der Waals surface area contributed by atoms with Gasteiger partial charge in [0.1, 0.15) is 0 Å². The van der Waals surface area contributed by atoms with Gasteiger partial charge in [-0.25, -0.2) is 0 Å². The van der Waals surface area contributed by atoms with Crippen LogP contribution >= 0.6 is 11.6 Å². The van der Waals surface area contributed by atoms with E-state index < -0.39 is 0 Å². The Morgan fingerprint density at radius 3 is 2.79 bits per heavy atom. The number of benzene rings is 1. The van der Waals surface area contributed by atoms with Crippen molar-refractivity contribution in [2.24, 2.45) is 0 Å². The second-order valence-corrected chi connectivity index (χ2v) is 4.23. The molecule has 19 heavy (non-hydrogen) atoms. The lowest BCUT2D eigenvalue weighted by molar-refractivity contribution is -0.121. The molecule has 0 aliphatic rings. The molecule has 0 unspecified atom stereocenters. The predicted molar refractivity (Wildman–Crippen MR) is 72.7 cm³/mol. The van der Waals surface area contributed by atoms with Crippen LogP contribution in [0, 0.1) is 0 Å². The van der Waals surface area contributed by atoms with Crippen molar-refractivity contribution < 1.29 is 19.4 Å². The number of carbonyl (C=O) groups excluding carboxylic acids is 1. The molecule has 0 heterocycles. The van der Waals surface area contributed by atoms with E-state index in [2.05, 4.69) is 5.32 Å². The van der Waals surface area contributed by atoms with Gasteiger partial charge in [0.15, 0.2) is 11.5 Å². The summed E-state index contributed by atoms with van der Waals surface area (Å²) in [6.07, 6.45) is 0.245. The molecule has 0 radical (unpaired) electrons. The average Bonchev–Trinajstić information content (AvgIpc) is 2.40. The molecule has 2 N–H and O–H groups in total. The van der Waals surface area contributed by atoms with Crippen molar-refractivity contribution in [1.82, 2.24) is 5.32 Å². The van der Waals surface area contributed by atoms with Gasteiger partial charge in [-0.3, -0.25) is 4.79 Å². The third kappa shape index (κ3) is 4.61. The third-order valence-corrected chi connectivity index (χ3v) is 2.70. The van der Waals surface area contributed by atoms with Crippen LogP contribution in [0.1, 0.15) is 18.9 Å². The van der Waals surface area contributed by atoms with E-state index in [1.807, 2.05) is 6.92 Å². The number of hydrogen-bond donors (Lipinski definition) is 2. The summed E-state index contributed by atoms with van der Waals surface area (Å²) in [4.78, 5) is 11.3. The van der Waals surface area contributed by atoms with Crippen molar-refractivity contribution in [3.63, 3.8) is 0 Å². The predicted octanol–water partition coefficient (Wildman–Crippen LogP) is 1.75. The van der Waals surface area contributed by atoms with Gasteiger partial charge >= 0.3 is 0 Å². The van der Waals surface area contributed by atoms with Crippen LogP contribution in [0.15, 0.2) is 12.1 Å². The number of methoxy groups -OCH3 is 1. The Bertz CT molecular complexity index is 437. The number of hydrogen-bond acceptors (Lipinski definition) is 4. The molecule has 0 fully saturated rings. The van der Waals surface area contributed by atoms with Crippen molar-refractivity contribution in [2.75, 3.05) is 20.3 Å². The molecule has 1 aromatic rings. The molecule has 0 aromatic heterocycles. The Balaban J connectivity index is 2.69. The molecular formula is C13H18ClNO4. The Labute approximate surface area is 117 Å². The van der Waals surface area contributed by atoms with Crippen LogP contribution in [0.4, 0.5) is 0 Å². The fraction of sp³-hybridized carbons (Fsp3) is 0.462. The first-order valence-electron chi connectivity index (χ1n) is 5.99. The lowest BCUT2D eigenvalue weighted by Crippen LogP contribution is -2.24. The van der Waals surface area contributed by atoms with Crippen molar-refractivity contribution in [2.45, 2.75) is 20.0 Å². The number of amides is 1. The van der Waals surface area contributed by atoms with Gasteiger partial charge in [0.25, 0.3) is 0 Å². The smallest absolute Gasteiger partial charge is 0.223 e. The molecule has 106 valence electrons. The van der Waals surface area contributed by atoms with E-state index in [0.717, 1.165) is 0 Å². The first-order valence-corrected chi connectivity index (χ1v) is 6.36. The maximum atomic E-state index is 11.3. The summed E-state index contributed by atoms with van der Waals surface area (Å²) >= 11 is 6.05. The zero-order valence-electron chi connectivity index (χ0n) is 11.0. The zero-order valence-corrected chi connectivity index (χ0v) is 11.8. The van der Waals surface area contributed by atoms with E-state index in [0.29, 0.717) is 28.6 Å². The van der Waals surface area contributed by atoms with E-state index in [9.17, 15) is 4.79 Å². The number of nitrogens with one attached hydrogen (secondary N) is 1. The SMILES string of the molecule is CCNC(=O)CCOc1c(Cl)cc(CO)cc1OC. The molecule has 5 nitrogen and oxygen atoms in total. The molecule has 0 aliphatic carbocycles. The maximum absolute atomic E-state index is 11.3.